The van der Waals surface area contributed by atoms with Crippen molar-refractivity contribution in [3.8, 4) is 0 Å². The first-order valence-corrected chi connectivity index (χ1v) is 5.75. The van der Waals surface area contributed by atoms with Crippen molar-refractivity contribution in [2.24, 2.45) is 10.5 Å². The summed E-state index contributed by atoms with van der Waals surface area (Å²) in [4.78, 5) is 13.5. The number of halogens is 1. The van der Waals surface area contributed by atoms with Gasteiger partial charge in [-0.1, -0.05) is 5.11 Å². The molecule has 0 aromatic heterocycles. The lowest BCUT2D eigenvalue weighted by atomic mass is 10.0. The number of rotatable bonds is 7. The van der Waals surface area contributed by atoms with Crippen molar-refractivity contribution >= 4 is 18.4 Å². The van der Waals surface area contributed by atoms with Crippen molar-refractivity contribution in [2.75, 3.05) is 19.8 Å². The van der Waals surface area contributed by atoms with Gasteiger partial charge in [-0.05, 0) is 24.8 Å². The fourth-order valence-electron chi connectivity index (χ4n) is 2.45. The Morgan fingerprint density at radius 1 is 1.61 bits per heavy atom. The molecule has 1 heterocycles. The Labute approximate surface area is 111 Å². The van der Waals surface area contributed by atoms with Crippen molar-refractivity contribution in [3.05, 3.63) is 10.4 Å². The van der Waals surface area contributed by atoms with E-state index in [2.05, 4.69) is 15.3 Å². The highest BCUT2D eigenvalue weighted by Crippen LogP contribution is 2.54. The molecule has 7 nitrogen and oxygen atoms in total. The molecule has 1 saturated heterocycles. The molecule has 1 aliphatic carbocycles. The molecule has 1 saturated carbocycles. The monoisotopic (exact) mass is 276 g/mol. The number of aliphatic carboxylic acids is 1. The summed E-state index contributed by atoms with van der Waals surface area (Å²) >= 11 is 0. The third-order valence-corrected chi connectivity index (χ3v) is 3.50. The average molecular weight is 277 g/mol. The largest absolute Gasteiger partial charge is 0.480 e. The molecule has 0 radical (unpaired) electrons. The van der Waals surface area contributed by atoms with Crippen LogP contribution >= 0.6 is 12.4 Å². The van der Waals surface area contributed by atoms with Crippen LogP contribution in [0, 0.1) is 5.41 Å². The molecular formula is C10H17ClN4O3. The van der Waals surface area contributed by atoms with Crippen molar-refractivity contribution in [1.29, 1.82) is 0 Å². The van der Waals surface area contributed by atoms with Crippen LogP contribution in [0.3, 0.4) is 0 Å². The van der Waals surface area contributed by atoms with Crippen LogP contribution in [0.1, 0.15) is 19.3 Å². The van der Waals surface area contributed by atoms with E-state index in [4.69, 9.17) is 15.4 Å². The van der Waals surface area contributed by atoms with Crippen LogP contribution in [-0.2, 0) is 9.53 Å². The lowest BCUT2D eigenvalue weighted by Gasteiger charge is -2.13. The Hall–Kier alpha value is -1.01. The predicted molar refractivity (Wildman–Crippen MR) is 66.7 cm³/mol. The maximum absolute atomic E-state index is 10.8. The summed E-state index contributed by atoms with van der Waals surface area (Å²) in [5, 5.41) is 15.4. The van der Waals surface area contributed by atoms with Crippen LogP contribution in [0.15, 0.2) is 5.11 Å². The third-order valence-electron chi connectivity index (χ3n) is 3.50. The van der Waals surface area contributed by atoms with Gasteiger partial charge in [0.2, 0.25) is 0 Å². The first-order chi connectivity index (χ1) is 8.18. The normalized spacial score (nSPS) is 32.0. The van der Waals surface area contributed by atoms with Gasteiger partial charge < -0.3 is 15.2 Å². The number of carboxylic acids is 1. The second-order valence-electron chi connectivity index (χ2n) is 4.74. The number of piperidine rings is 1. The Bertz CT molecular complexity index is 361. The molecule has 2 fully saturated rings. The van der Waals surface area contributed by atoms with Gasteiger partial charge in [0.15, 0.2) is 0 Å². The molecule has 0 spiro atoms. The van der Waals surface area contributed by atoms with Crippen LogP contribution in [0.2, 0.25) is 0 Å². The van der Waals surface area contributed by atoms with Gasteiger partial charge in [0.1, 0.15) is 6.04 Å². The highest BCUT2D eigenvalue weighted by atomic mass is 35.5. The molecule has 3 atom stereocenters. The van der Waals surface area contributed by atoms with E-state index >= 15 is 0 Å². The molecular weight excluding hydrogens is 260 g/mol. The number of nitrogens with zero attached hydrogens (tertiary/aromatic N) is 3. The molecule has 1 aliphatic heterocycles. The summed E-state index contributed by atoms with van der Waals surface area (Å²) in [5.41, 5.74) is 8.12. The zero-order valence-corrected chi connectivity index (χ0v) is 10.7. The summed E-state index contributed by atoms with van der Waals surface area (Å²) in [5.74, 6) is -0.778. The van der Waals surface area contributed by atoms with Gasteiger partial charge in [0.25, 0.3) is 0 Å². The summed E-state index contributed by atoms with van der Waals surface area (Å²) in [6.45, 7) is 1.61. The average Bonchev–Trinajstić information content (AvgIpc) is 2.85. The minimum absolute atomic E-state index is 0. The summed E-state index contributed by atoms with van der Waals surface area (Å²) < 4.78 is 5.52. The lowest BCUT2D eigenvalue weighted by molar-refractivity contribution is -0.139. The molecule has 0 aromatic rings. The van der Waals surface area contributed by atoms with Crippen molar-refractivity contribution in [2.45, 2.75) is 31.3 Å². The lowest BCUT2D eigenvalue weighted by Crippen LogP contribution is -2.33. The minimum atomic E-state index is -0.778. The molecule has 0 bridgehead atoms. The maximum atomic E-state index is 10.8. The Kier molecular flexibility index (Phi) is 5.22. The number of carboxylic acid groups (broad SMARTS) is 1. The zero-order valence-electron chi connectivity index (χ0n) is 9.91. The van der Waals surface area contributed by atoms with E-state index in [-0.39, 0.29) is 17.8 Å². The van der Waals surface area contributed by atoms with Crippen LogP contribution < -0.4 is 5.32 Å². The first kappa shape index (κ1) is 15.0. The highest BCUT2D eigenvalue weighted by molar-refractivity contribution is 5.85. The van der Waals surface area contributed by atoms with Crippen molar-refractivity contribution in [1.82, 2.24) is 5.32 Å². The SMILES string of the molecule is Cl.[N-]=[N+]=NCCCOC[C@]12C[C@@H](C(=O)O)N[C@H]1C2. The van der Waals surface area contributed by atoms with E-state index in [0.717, 1.165) is 6.42 Å². The van der Waals surface area contributed by atoms with Crippen LogP contribution in [0.4, 0.5) is 0 Å². The second kappa shape index (κ2) is 6.24. The van der Waals surface area contributed by atoms with Crippen LogP contribution in [0.25, 0.3) is 10.4 Å². The number of nitrogens with one attached hydrogen (secondary N) is 1. The molecule has 0 amide bonds. The Balaban J connectivity index is 0.00000162. The Morgan fingerprint density at radius 2 is 2.39 bits per heavy atom. The number of ether oxygens (including phenoxy) is 1. The van der Waals surface area contributed by atoms with Crippen LogP contribution in [-0.4, -0.2) is 42.9 Å². The van der Waals surface area contributed by atoms with E-state index in [1.807, 2.05) is 0 Å². The Morgan fingerprint density at radius 3 is 3.00 bits per heavy atom. The van der Waals surface area contributed by atoms with Gasteiger partial charge in [-0.25, -0.2) is 0 Å². The topological polar surface area (TPSA) is 107 Å². The van der Waals surface area contributed by atoms with E-state index in [0.29, 0.717) is 38.6 Å². The van der Waals surface area contributed by atoms with Gasteiger partial charge in [-0.2, -0.15) is 0 Å². The summed E-state index contributed by atoms with van der Waals surface area (Å²) in [6.07, 6.45) is 2.37. The number of hydrogen-bond donors (Lipinski definition) is 2. The fraction of sp³-hybridized carbons (Fsp3) is 0.900. The molecule has 102 valence electrons. The predicted octanol–water partition coefficient (Wildman–Crippen LogP) is 1.33. The minimum Gasteiger partial charge on any atom is -0.480 e. The third kappa shape index (κ3) is 3.26. The first-order valence-electron chi connectivity index (χ1n) is 5.75. The van der Waals surface area contributed by atoms with E-state index in [1.165, 1.54) is 0 Å². The van der Waals surface area contributed by atoms with Gasteiger partial charge in [-0.3, -0.25) is 4.79 Å². The van der Waals surface area contributed by atoms with Gasteiger partial charge >= 0.3 is 5.97 Å². The number of fused-ring (bicyclic) bond motifs is 1. The molecule has 2 N–H and O–H groups in total. The zero-order chi connectivity index (χ0) is 12.3. The molecule has 2 aliphatic rings. The van der Waals surface area contributed by atoms with Crippen molar-refractivity contribution < 1.29 is 14.6 Å². The quantitative estimate of drug-likeness (QED) is 0.316. The molecule has 2 rings (SSSR count). The van der Waals surface area contributed by atoms with Crippen molar-refractivity contribution in [3.63, 3.8) is 0 Å². The van der Waals surface area contributed by atoms with Gasteiger partial charge in [-0.15, -0.1) is 12.4 Å². The maximum Gasteiger partial charge on any atom is 0.320 e. The molecule has 0 aromatic carbocycles. The highest BCUT2D eigenvalue weighted by Gasteiger charge is 2.61. The standard InChI is InChI=1S/C10H16N4O3.ClH/c11-14-12-2-1-3-17-6-10-4-7(9(15)16)13-8(10)5-10;/h7-8,13H,1-6H2,(H,15,16);1H/t7-,8-,10+;/m0./s1. The smallest absolute Gasteiger partial charge is 0.320 e. The summed E-state index contributed by atoms with van der Waals surface area (Å²) in [7, 11) is 0. The summed E-state index contributed by atoms with van der Waals surface area (Å²) in [6, 6.07) is -0.110. The molecule has 8 heteroatoms. The van der Waals surface area contributed by atoms with E-state index < -0.39 is 12.0 Å². The van der Waals surface area contributed by atoms with E-state index in [1.54, 1.807) is 0 Å². The van der Waals surface area contributed by atoms with E-state index in [9.17, 15) is 4.79 Å². The molecule has 18 heavy (non-hydrogen) atoms. The second-order valence-corrected chi connectivity index (χ2v) is 4.74. The number of hydrogen-bond acceptors (Lipinski definition) is 4. The van der Waals surface area contributed by atoms with Gasteiger partial charge in [0.05, 0.1) is 6.61 Å². The van der Waals surface area contributed by atoms with Gasteiger partial charge in [0, 0.05) is 29.5 Å². The van der Waals surface area contributed by atoms with Crippen LogP contribution in [0.5, 0.6) is 0 Å². The fourth-order valence-corrected chi connectivity index (χ4v) is 2.45. The molecule has 0 unspecified atom stereocenters. The number of carbonyl (C=O) groups is 1. The number of azide groups is 1.